The van der Waals surface area contributed by atoms with Crippen LogP contribution in [0.1, 0.15) is 11.1 Å². The molecule has 0 bridgehead atoms. The summed E-state index contributed by atoms with van der Waals surface area (Å²) < 4.78 is 55.7. The molecule has 0 aliphatic heterocycles. The summed E-state index contributed by atoms with van der Waals surface area (Å²) in [7, 11) is -7.85. The summed E-state index contributed by atoms with van der Waals surface area (Å²) in [5, 5.41) is 0. The van der Waals surface area contributed by atoms with Crippen LogP contribution in [0, 0.1) is 13.8 Å². The first-order chi connectivity index (χ1) is 13.6. The van der Waals surface area contributed by atoms with Crippen molar-refractivity contribution in [3.8, 4) is 0 Å². The summed E-state index contributed by atoms with van der Waals surface area (Å²) in [6, 6.07) is 16.9. The minimum Gasteiger partial charge on any atom is -0.399 e. The average Bonchev–Trinajstić information content (AvgIpc) is 2.64. The first-order valence-corrected chi connectivity index (χ1v) is 11.6. The summed E-state index contributed by atoms with van der Waals surface area (Å²) in [6.07, 6.45) is 0. The molecule has 0 aliphatic rings. The monoisotopic (exact) mass is 431 g/mol. The van der Waals surface area contributed by atoms with Gasteiger partial charge in [-0.1, -0.05) is 35.4 Å². The highest BCUT2D eigenvalue weighted by atomic mass is 32.2. The van der Waals surface area contributed by atoms with Crippen molar-refractivity contribution in [2.75, 3.05) is 15.2 Å². The van der Waals surface area contributed by atoms with Crippen molar-refractivity contribution < 1.29 is 16.8 Å². The molecule has 0 amide bonds. The van der Waals surface area contributed by atoms with Crippen LogP contribution in [0.4, 0.5) is 17.1 Å². The van der Waals surface area contributed by atoms with Crippen LogP contribution < -0.4 is 15.2 Å². The van der Waals surface area contributed by atoms with Crippen molar-refractivity contribution in [1.29, 1.82) is 0 Å². The second-order valence-electron chi connectivity index (χ2n) is 6.64. The first kappa shape index (κ1) is 20.7. The van der Waals surface area contributed by atoms with Crippen LogP contribution in [0.15, 0.2) is 76.5 Å². The van der Waals surface area contributed by atoms with Crippen LogP contribution in [0.25, 0.3) is 0 Å². The van der Waals surface area contributed by atoms with Gasteiger partial charge < -0.3 is 5.73 Å². The molecule has 0 unspecified atom stereocenters. The summed E-state index contributed by atoms with van der Waals surface area (Å²) in [5.74, 6) is 0. The Labute approximate surface area is 170 Å². The molecule has 9 heteroatoms. The summed E-state index contributed by atoms with van der Waals surface area (Å²) >= 11 is 0. The minimum atomic E-state index is -3.94. The van der Waals surface area contributed by atoms with Gasteiger partial charge in [0.15, 0.2) is 0 Å². The molecule has 0 heterocycles. The molecule has 0 spiro atoms. The Morgan fingerprint density at radius 1 is 0.621 bits per heavy atom. The third-order valence-electron chi connectivity index (χ3n) is 4.19. The Kier molecular flexibility index (Phi) is 5.54. The van der Waals surface area contributed by atoms with E-state index in [1.807, 2.05) is 13.8 Å². The molecule has 29 heavy (non-hydrogen) atoms. The van der Waals surface area contributed by atoms with Crippen LogP contribution in [0.5, 0.6) is 0 Å². The van der Waals surface area contributed by atoms with E-state index in [2.05, 4.69) is 9.44 Å². The second-order valence-corrected chi connectivity index (χ2v) is 10.0. The number of hydrogen-bond acceptors (Lipinski definition) is 5. The standard InChI is InChI=1S/C20H21N3O4S2/c1-14-3-8-17(9-4-14)28(24,25)22-19-12-7-16(21)13-20(19)23-29(26,27)18-10-5-15(2)6-11-18/h3-13,22-23H,21H2,1-2H3. The fourth-order valence-electron chi connectivity index (χ4n) is 2.58. The number of rotatable bonds is 6. The summed E-state index contributed by atoms with van der Waals surface area (Å²) in [4.78, 5) is 0.116. The van der Waals surface area contributed by atoms with Gasteiger partial charge in [0.2, 0.25) is 0 Å². The van der Waals surface area contributed by atoms with E-state index in [9.17, 15) is 16.8 Å². The normalized spacial score (nSPS) is 11.8. The maximum absolute atomic E-state index is 12.7. The van der Waals surface area contributed by atoms with Crippen molar-refractivity contribution in [2.24, 2.45) is 0 Å². The predicted molar refractivity (Wildman–Crippen MR) is 115 cm³/mol. The molecule has 0 saturated carbocycles. The van der Waals surface area contributed by atoms with E-state index in [-0.39, 0.29) is 26.9 Å². The lowest BCUT2D eigenvalue weighted by molar-refractivity contribution is 0.599. The minimum absolute atomic E-state index is 0.0289. The van der Waals surface area contributed by atoms with E-state index in [1.165, 1.54) is 42.5 Å². The highest BCUT2D eigenvalue weighted by Gasteiger charge is 2.20. The zero-order valence-electron chi connectivity index (χ0n) is 15.9. The summed E-state index contributed by atoms with van der Waals surface area (Å²) in [6.45, 7) is 3.70. The molecule has 0 radical (unpaired) electrons. The van der Waals surface area contributed by atoms with Crippen LogP contribution in [0.3, 0.4) is 0 Å². The van der Waals surface area contributed by atoms with Crippen LogP contribution >= 0.6 is 0 Å². The van der Waals surface area contributed by atoms with E-state index < -0.39 is 20.0 Å². The van der Waals surface area contributed by atoms with Crippen LogP contribution in [-0.4, -0.2) is 16.8 Å². The maximum atomic E-state index is 12.7. The fraction of sp³-hybridized carbons (Fsp3) is 0.100. The van der Waals surface area contributed by atoms with Gasteiger partial charge in [-0.15, -0.1) is 0 Å². The van der Waals surface area contributed by atoms with Gasteiger partial charge in [0.25, 0.3) is 20.0 Å². The number of nitrogens with two attached hydrogens (primary N) is 1. The molecule has 3 aromatic rings. The molecule has 3 aromatic carbocycles. The molecule has 0 atom stereocenters. The quantitative estimate of drug-likeness (QED) is 0.516. The predicted octanol–water partition coefficient (Wildman–Crippen LogP) is 3.49. The van der Waals surface area contributed by atoms with Gasteiger partial charge in [-0.2, -0.15) is 0 Å². The van der Waals surface area contributed by atoms with Gasteiger partial charge in [0, 0.05) is 5.69 Å². The molecule has 152 valence electrons. The van der Waals surface area contributed by atoms with Gasteiger partial charge in [0.1, 0.15) is 0 Å². The highest BCUT2D eigenvalue weighted by Crippen LogP contribution is 2.29. The molecule has 0 aliphatic carbocycles. The molecular weight excluding hydrogens is 410 g/mol. The van der Waals surface area contributed by atoms with E-state index in [1.54, 1.807) is 24.3 Å². The number of anilines is 3. The molecule has 0 aromatic heterocycles. The Balaban J connectivity index is 1.96. The molecule has 7 nitrogen and oxygen atoms in total. The lowest BCUT2D eigenvalue weighted by Gasteiger charge is -2.15. The second kappa shape index (κ2) is 7.76. The molecule has 4 N–H and O–H groups in total. The Hall–Kier alpha value is -3.04. The maximum Gasteiger partial charge on any atom is 0.261 e. The zero-order chi connectivity index (χ0) is 21.2. The number of sulfonamides is 2. The van der Waals surface area contributed by atoms with E-state index >= 15 is 0 Å². The third-order valence-corrected chi connectivity index (χ3v) is 6.96. The van der Waals surface area contributed by atoms with Crippen molar-refractivity contribution in [3.05, 3.63) is 77.9 Å². The number of aryl methyl sites for hydroxylation is 2. The van der Waals surface area contributed by atoms with Gasteiger partial charge in [-0.05, 0) is 56.3 Å². The van der Waals surface area contributed by atoms with Crippen LogP contribution in [0.2, 0.25) is 0 Å². The SMILES string of the molecule is Cc1ccc(S(=O)(=O)Nc2ccc(N)cc2NS(=O)(=O)c2ccc(C)cc2)cc1. The smallest absolute Gasteiger partial charge is 0.261 e. The molecule has 0 saturated heterocycles. The van der Waals surface area contributed by atoms with E-state index in [0.29, 0.717) is 0 Å². The molecule has 3 rings (SSSR count). The number of nitrogens with one attached hydrogen (secondary N) is 2. The van der Waals surface area contributed by atoms with Gasteiger partial charge in [-0.3, -0.25) is 9.44 Å². The van der Waals surface area contributed by atoms with E-state index in [0.717, 1.165) is 11.1 Å². The Morgan fingerprint density at radius 2 is 1.03 bits per heavy atom. The van der Waals surface area contributed by atoms with Gasteiger partial charge >= 0.3 is 0 Å². The lowest BCUT2D eigenvalue weighted by atomic mass is 10.2. The Bertz CT molecular complexity index is 1240. The first-order valence-electron chi connectivity index (χ1n) is 8.65. The third kappa shape index (κ3) is 4.87. The van der Waals surface area contributed by atoms with Gasteiger partial charge in [-0.25, -0.2) is 16.8 Å². The highest BCUT2D eigenvalue weighted by molar-refractivity contribution is 7.93. The topological polar surface area (TPSA) is 118 Å². The Morgan fingerprint density at radius 3 is 1.48 bits per heavy atom. The summed E-state index contributed by atoms with van der Waals surface area (Å²) in [5.41, 5.74) is 8.00. The lowest BCUT2D eigenvalue weighted by Crippen LogP contribution is -2.18. The van der Waals surface area contributed by atoms with Crippen molar-refractivity contribution in [3.63, 3.8) is 0 Å². The zero-order valence-corrected chi connectivity index (χ0v) is 17.5. The number of benzene rings is 3. The fourth-order valence-corrected chi connectivity index (χ4v) is 4.73. The number of hydrogen-bond donors (Lipinski definition) is 3. The molecular formula is C20H21N3O4S2. The largest absolute Gasteiger partial charge is 0.399 e. The van der Waals surface area contributed by atoms with Crippen molar-refractivity contribution in [2.45, 2.75) is 23.6 Å². The van der Waals surface area contributed by atoms with Gasteiger partial charge in [0.05, 0.1) is 21.2 Å². The molecule has 0 fully saturated rings. The van der Waals surface area contributed by atoms with Crippen LogP contribution in [-0.2, 0) is 20.0 Å². The van der Waals surface area contributed by atoms with E-state index in [4.69, 9.17) is 5.73 Å². The van der Waals surface area contributed by atoms with Crippen molar-refractivity contribution in [1.82, 2.24) is 0 Å². The average molecular weight is 432 g/mol. The van der Waals surface area contributed by atoms with Crippen molar-refractivity contribution >= 4 is 37.1 Å². The number of nitrogen functional groups attached to an aromatic ring is 1.